The van der Waals surface area contributed by atoms with Crippen molar-refractivity contribution in [1.82, 2.24) is 10.2 Å². The number of nitrogens with zero attached hydrogens (tertiary/aromatic N) is 2. The Bertz CT molecular complexity index is 1120. The third-order valence-corrected chi connectivity index (χ3v) is 6.74. The van der Waals surface area contributed by atoms with Gasteiger partial charge in [0.05, 0.1) is 17.0 Å². The Morgan fingerprint density at radius 1 is 1.06 bits per heavy atom. The summed E-state index contributed by atoms with van der Waals surface area (Å²) in [5.41, 5.74) is 1.89. The van der Waals surface area contributed by atoms with Gasteiger partial charge in [-0.2, -0.15) is 0 Å². The summed E-state index contributed by atoms with van der Waals surface area (Å²) in [4.78, 5) is 27.6. The number of amides is 2. The number of aryl methyl sites for hydroxylation is 1. The first-order valence-corrected chi connectivity index (χ1v) is 13.0. The molecule has 10 heteroatoms. The largest absolute Gasteiger partial charge is 0.352 e. The molecular formula is C23H29Cl2N3O4S. The number of carbonyl (C=O) groups is 2. The Morgan fingerprint density at radius 2 is 1.70 bits per heavy atom. The number of nitrogens with one attached hydrogen (secondary N) is 1. The van der Waals surface area contributed by atoms with Crippen molar-refractivity contribution >= 4 is 50.7 Å². The van der Waals surface area contributed by atoms with Crippen molar-refractivity contribution in [2.45, 2.75) is 46.3 Å². The second-order valence-corrected chi connectivity index (χ2v) is 10.9. The van der Waals surface area contributed by atoms with Crippen LogP contribution in [0.3, 0.4) is 0 Å². The predicted molar refractivity (Wildman–Crippen MR) is 133 cm³/mol. The van der Waals surface area contributed by atoms with Crippen molar-refractivity contribution < 1.29 is 18.0 Å². The van der Waals surface area contributed by atoms with Gasteiger partial charge in [0, 0.05) is 17.6 Å². The highest BCUT2D eigenvalue weighted by molar-refractivity contribution is 7.92. The quantitative estimate of drug-likeness (QED) is 0.548. The second-order valence-electron chi connectivity index (χ2n) is 8.15. The van der Waals surface area contributed by atoms with Gasteiger partial charge < -0.3 is 10.2 Å². The summed E-state index contributed by atoms with van der Waals surface area (Å²) in [5.74, 6) is -0.884. The van der Waals surface area contributed by atoms with Gasteiger partial charge in [-0.25, -0.2) is 8.42 Å². The number of carbonyl (C=O) groups excluding carboxylic acids is 2. The number of benzene rings is 2. The molecule has 0 aliphatic carbocycles. The van der Waals surface area contributed by atoms with E-state index in [-0.39, 0.29) is 34.2 Å². The third-order valence-electron chi connectivity index (χ3n) is 5.06. The molecule has 2 aromatic carbocycles. The van der Waals surface area contributed by atoms with Crippen LogP contribution >= 0.6 is 23.2 Å². The number of halogens is 2. The van der Waals surface area contributed by atoms with Crippen molar-refractivity contribution in [1.29, 1.82) is 0 Å². The molecule has 33 heavy (non-hydrogen) atoms. The SMILES string of the molecule is Cc1ccccc1CN(C(=O)CN(c1cc(Cl)ccc1Cl)S(C)(=O)=O)[C@@H](C)C(=O)NC(C)C. The monoisotopic (exact) mass is 513 g/mol. The Kier molecular flexibility index (Phi) is 9.17. The van der Waals surface area contributed by atoms with Gasteiger partial charge in [0.1, 0.15) is 12.6 Å². The Balaban J connectivity index is 2.45. The predicted octanol–water partition coefficient (Wildman–Crippen LogP) is 4.01. The standard InChI is InChI=1S/C23H29Cl2N3O4S/c1-15(2)26-23(30)17(4)27(13-18-9-7-6-8-16(18)3)22(29)14-28(33(5,31)32)21-12-19(24)10-11-20(21)25/h6-12,15,17H,13-14H2,1-5H3,(H,26,30)/t17-/m0/s1. The summed E-state index contributed by atoms with van der Waals surface area (Å²) in [6, 6.07) is 10.9. The van der Waals surface area contributed by atoms with Crippen LogP contribution in [0.25, 0.3) is 0 Å². The average molecular weight is 514 g/mol. The maximum atomic E-state index is 13.5. The van der Waals surface area contributed by atoms with Crippen molar-refractivity contribution in [2.24, 2.45) is 0 Å². The molecule has 0 aliphatic heterocycles. The van der Waals surface area contributed by atoms with Crippen molar-refractivity contribution in [2.75, 3.05) is 17.1 Å². The topological polar surface area (TPSA) is 86.8 Å². The lowest BCUT2D eigenvalue weighted by atomic mass is 10.1. The maximum Gasteiger partial charge on any atom is 0.244 e. The molecule has 0 spiro atoms. The normalized spacial score (nSPS) is 12.4. The molecule has 0 aromatic heterocycles. The highest BCUT2D eigenvalue weighted by Crippen LogP contribution is 2.31. The number of rotatable bonds is 9. The van der Waals surface area contributed by atoms with E-state index in [0.29, 0.717) is 0 Å². The van der Waals surface area contributed by atoms with E-state index in [1.165, 1.54) is 23.1 Å². The van der Waals surface area contributed by atoms with Gasteiger partial charge in [-0.3, -0.25) is 13.9 Å². The van der Waals surface area contributed by atoms with Crippen LogP contribution in [0.15, 0.2) is 42.5 Å². The van der Waals surface area contributed by atoms with Crippen LogP contribution in [0.4, 0.5) is 5.69 Å². The molecule has 2 aromatic rings. The Hall–Kier alpha value is -2.29. The average Bonchev–Trinajstić information content (AvgIpc) is 2.71. The van der Waals surface area contributed by atoms with E-state index >= 15 is 0 Å². The zero-order valence-corrected chi connectivity index (χ0v) is 21.6. The Labute approximate surface area is 205 Å². The molecule has 1 atom stereocenters. The van der Waals surface area contributed by atoms with Crippen LogP contribution in [-0.4, -0.2) is 50.0 Å². The van der Waals surface area contributed by atoms with Crippen molar-refractivity contribution in [3.8, 4) is 0 Å². The van der Waals surface area contributed by atoms with Gasteiger partial charge in [-0.15, -0.1) is 0 Å². The Morgan fingerprint density at radius 3 is 2.27 bits per heavy atom. The zero-order valence-electron chi connectivity index (χ0n) is 19.3. The van der Waals surface area contributed by atoms with E-state index in [0.717, 1.165) is 21.7 Å². The molecular weight excluding hydrogens is 485 g/mol. The molecule has 7 nitrogen and oxygen atoms in total. The number of anilines is 1. The minimum absolute atomic E-state index is 0.0927. The molecule has 0 saturated heterocycles. The van der Waals surface area contributed by atoms with Crippen LogP contribution in [-0.2, 0) is 26.2 Å². The van der Waals surface area contributed by atoms with Crippen molar-refractivity contribution in [3.05, 3.63) is 63.6 Å². The van der Waals surface area contributed by atoms with Crippen molar-refractivity contribution in [3.63, 3.8) is 0 Å². The molecule has 1 N–H and O–H groups in total. The number of hydrogen-bond acceptors (Lipinski definition) is 4. The summed E-state index contributed by atoms with van der Waals surface area (Å²) in [5, 5.41) is 3.21. The molecule has 0 heterocycles. The molecule has 0 saturated carbocycles. The number of sulfonamides is 1. The van der Waals surface area contributed by atoms with Crippen LogP contribution in [0, 0.1) is 6.92 Å². The molecule has 2 amide bonds. The highest BCUT2D eigenvalue weighted by atomic mass is 35.5. The molecule has 0 radical (unpaired) electrons. The van der Waals surface area contributed by atoms with Gasteiger partial charge in [0.2, 0.25) is 21.8 Å². The first-order chi connectivity index (χ1) is 15.3. The molecule has 0 aliphatic rings. The van der Waals surface area contributed by atoms with Gasteiger partial charge >= 0.3 is 0 Å². The van der Waals surface area contributed by atoms with E-state index in [2.05, 4.69) is 5.32 Å². The smallest absolute Gasteiger partial charge is 0.244 e. The molecule has 0 bridgehead atoms. The lowest BCUT2D eigenvalue weighted by Crippen LogP contribution is -2.52. The van der Waals surface area contributed by atoms with E-state index in [1.807, 2.05) is 45.0 Å². The summed E-state index contributed by atoms with van der Waals surface area (Å²) < 4.78 is 26.1. The molecule has 180 valence electrons. The molecule has 0 fully saturated rings. The van der Waals surface area contributed by atoms with E-state index in [9.17, 15) is 18.0 Å². The van der Waals surface area contributed by atoms with E-state index in [4.69, 9.17) is 23.2 Å². The molecule has 0 unspecified atom stereocenters. The summed E-state index contributed by atoms with van der Waals surface area (Å²) in [7, 11) is -3.89. The van der Waals surface area contributed by atoms with Gasteiger partial charge in [-0.1, -0.05) is 47.5 Å². The molecule has 2 rings (SSSR count). The summed E-state index contributed by atoms with van der Waals surface area (Å²) in [6.45, 7) is 6.77. The first kappa shape index (κ1) is 27.0. The fourth-order valence-electron chi connectivity index (χ4n) is 3.23. The lowest BCUT2D eigenvalue weighted by Gasteiger charge is -2.32. The van der Waals surface area contributed by atoms with E-state index in [1.54, 1.807) is 6.92 Å². The minimum Gasteiger partial charge on any atom is -0.352 e. The summed E-state index contributed by atoms with van der Waals surface area (Å²) in [6.07, 6.45) is 0.984. The summed E-state index contributed by atoms with van der Waals surface area (Å²) >= 11 is 12.3. The van der Waals surface area contributed by atoms with Crippen LogP contribution in [0.2, 0.25) is 10.0 Å². The van der Waals surface area contributed by atoms with Gasteiger partial charge in [0.25, 0.3) is 0 Å². The fourth-order valence-corrected chi connectivity index (χ4v) is 4.52. The zero-order chi connectivity index (χ0) is 24.9. The first-order valence-electron chi connectivity index (χ1n) is 10.4. The van der Waals surface area contributed by atoms with Gasteiger partial charge in [0.15, 0.2) is 0 Å². The number of hydrogen-bond donors (Lipinski definition) is 1. The highest BCUT2D eigenvalue weighted by Gasteiger charge is 2.31. The second kappa shape index (κ2) is 11.2. The maximum absolute atomic E-state index is 13.5. The van der Waals surface area contributed by atoms with Crippen LogP contribution < -0.4 is 9.62 Å². The minimum atomic E-state index is -3.89. The van der Waals surface area contributed by atoms with Crippen LogP contribution in [0.1, 0.15) is 31.9 Å². The van der Waals surface area contributed by atoms with Crippen LogP contribution in [0.5, 0.6) is 0 Å². The lowest BCUT2D eigenvalue weighted by molar-refractivity contribution is -0.139. The fraction of sp³-hybridized carbons (Fsp3) is 0.391. The third kappa shape index (κ3) is 7.35. The van der Waals surface area contributed by atoms with Gasteiger partial charge in [-0.05, 0) is 57.0 Å². The van der Waals surface area contributed by atoms with E-state index < -0.39 is 28.5 Å².